The van der Waals surface area contributed by atoms with Gasteiger partial charge in [-0.2, -0.15) is 0 Å². The molecule has 0 saturated carbocycles. The van der Waals surface area contributed by atoms with Crippen molar-refractivity contribution in [2.45, 2.75) is 23.9 Å². The minimum absolute atomic E-state index is 0.0656. The Hall–Kier alpha value is -2.44. The predicted octanol–water partition coefficient (Wildman–Crippen LogP) is 4.33. The van der Waals surface area contributed by atoms with Crippen LogP contribution in [-0.4, -0.2) is 27.8 Å². The quantitative estimate of drug-likeness (QED) is 0.598. The number of hydrogen-bond donors (Lipinski definition) is 1. The fraction of sp³-hybridized carbons (Fsp3) is 0.200. The van der Waals surface area contributed by atoms with E-state index in [-0.39, 0.29) is 11.2 Å². The summed E-state index contributed by atoms with van der Waals surface area (Å²) < 4.78 is 7.14. The maximum absolute atomic E-state index is 12.5. The zero-order valence-electron chi connectivity index (χ0n) is 15.1. The molecule has 7 heteroatoms. The molecule has 0 aliphatic carbocycles. The van der Waals surface area contributed by atoms with Gasteiger partial charge < -0.3 is 10.1 Å². The molecule has 1 heterocycles. The monoisotopic (exact) mass is 401 g/mol. The van der Waals surface area contributed by atoms with Crippen LogP contribution in [0.1, 0.15) is 12.5 Å². The highest BCUT2D eigenvalue weighted by molar-refractivity contribution is 8.00. The fourth-order valence-corrected chi connectivity index (χ4v) is 3.61. The molecule has 0 bridgehead atoms. The highest BCUT2D eigenvalue weighted by atomic mass is 35.5. The van der Waals surface area contributed by atoms with Crippen LogP contribution >= 0.6 is 23.4 Å². The molecule has 27 heavy (non-hydrogen) atoms. The largest absolute Gasteiger partial charge is 0.497 e. The van der Waals surface area contributed by atoms with Gasteiger partial charge in [0, 0.05) is 29.6 Å². The summed E-state index contributed by atoms with van der Waals surface area (Å²) in [5, 5.41) is 4.03. The van der Waals surface area contributed by atoms with Crippen molar-refractivity contribution in [3.8, 4) is 11.4 Å². The normalized spacial score (nSPS) is 11.8. The second kappa shape index (κ2) is 8.97. The molecule has 1 atom stereocenters. The van der Waals surface area contributed by atoms with Gasteiger partial charge in [-0.05, 0) is 42.8 Å². The van der Waals surface area contributed by atoms with Gasteiger partial charge in [-0.25, -0.2) is 4.98 Å². The first kappa shape index (κ1) is 19.3. The molecular weight excluding hydrogens is 382 g/mol. The van der Waals surface area contributed by atoms with Crippen molar-refractivity contribution in [2.24, 2.45) is 0 Å². The van der Waals surface area contributed by atoms with E-state index in [0.717, 1.165) is 22.2 Å². The molecule has 0 spiro atoms. The summed E-state index contributed by atoms with van der Waals surface area (Å²) in [4.78, 5) is 16.8. The van der Waals surface area contributed by atoms with E-state index in [4.69, 9.17) is 16.3 Å². The molecule has 1 aromatic heterocycles. The molecule has 0 aliphatic rings. The first-order chi connectivity index (χ1) is 13.1. The van der Waals surface area contributed by atoms with E-state index in [2.05, 4.69) is 10.3 Å². The SMILES string of the molecule is COc1ccc(-n2ccnc2SC(C)C(=O)NCc2ccccc2Cl)cc1. The second-order valence-corrected chi connectivity index (χ2v) is 7.56. The Balaban J connectivity index is 1.64. The molecule has 0 fully saturated rings. The Morgan fingerprint density at radius 1 is 1.26 bits per heavy atom. The number of halogens is 1. The van der Waals surface area contributed by atoms with Gasteiger partial charge in [0.2, 0.25) is 5.91 Å². The molecule has 0 saturated heterocycles. The van der Waals surface area contributed by atoms with Crippen LogP contribution in [0.3, 0.4) is 0 Å². The lowest BCUT2D eigenvalue weighted by Gasteiger charge is -2.14. The van der Waals surface area contributed by atoms with E-state index < -0.39 is 0 Å². The van der Waals surface area contributed by atoms with Crippen molar-refractivity contribution in [1.82, 2.24) is 14.9 Å². The number of carbonyl (C=O) groups is 1. The Kier molecular flexibility index (Phi) is 6.42. The maximum atomic E-state index is 12.5. The third kappa shape index (κ3) is 4.84. The number of methoxy groups -OCH3 is 1. The number of thioether (sulfide) groups is 1. The van der Waals surface area contributed by atoms with Gasteiger partial charge in [0.1, 0.15) is 5.75 Å². The number of ether oxygens (including phenoxy) is 1. The Morgan fingerprint density at radius 3 is 2.70 bits per heavy atom. The smallest absolute Gasteiger partial charge is 0.233 e. The summed E-state index contributed by atoms with van der Waals surface area (Å²) in [6.07, 6.45) is 3.60. The molecular formula is C20H20ClN3O2S. The lowest BCUT2D eigenvalue weighted by Crippen LogP contribution is -2.30. The second-order valence-electron chi connectivity index (χ2n) is 5.85. The van der Waals surface area contributed by atoms with E-state index >= 15 is 0 Å². The summed E-state index contributed by atoms with van der Waals surface area (Å²) in [6, 6.07) is 15.2. The van der Waals surface area contributed by atoms with Crippen LogP contribution in [-0.2, 0) is 11.3 Å². The lowest BCUT2D eigenvalue weighted by atomic mass is 10.2. The molecule has 1 amide bonds. The van der Waals surface area contributed by atoms with Crippen LogP contribution in [0, 0.1) is 0 Å². The van der Waals surface area contributed by atoms with Gasteiger partial charge in [-0.1, -0.05) is 41.6 Å². The summed E-state index contributed by atoms with van der Waals surface area (Å²) >= 11 is 7.54. The van der Waals surface area contributed by atoms with Crippen molar-refractivity contribution in [2.75, 3.05) is 7.11 Å². The van der Waals surface area contributed by atoms with Crippen LogP contribution in [0.15, 0.2) is 66.1 Å². The number of carbonyl (C=O) groups excluding carboxylic acids is 1. The molecule has 2 aromatic carbocycles. The van der Waals surface area contributed by atoms with E-state index in [1.54, 1.807) is 13.3 Å². The van der Waals surface area contributed by atoms with E-state index in [9.17, 15) is 4.79 Å². The van der Waals surface area contributed by atoms with Crippen LogP contribution < -0.4 is 10.1 Å². The number of hydrogen-bond acceptors (Lipinski definition) is 4. The lowest BCUT2D eigenvalue weighted by molar-refractivity contribution is -0.120. The highest BCUT2D eigenvalue weighted by Crippen LogP contribution is 2.26. The van der Waals surface area contributed by atoms with E-state index in [0.29, 0.717) is 11.6 Å². The molecule has 1 N–H and O–H groups in total. The van der Waals surface area contributed by atoms with E-state index in [1.165, 1.54) is 11.8 Å². The van der Waals surface area contributed by atoms with Gasteiger partial charge in [-0.15, -0.1) is 0 Å². The Bertz CT molecular complexity index is 912. The third-order valence-corrected chi connectivity index (χ3v) is 5.47. The fourth-order valence-electron chi connectivity index (χ4n) is 2.50. The van der Waals surface area contributed by atoms with Gasteiger partial charge in [0.15, 0.2) is 5.16 Å². The summed E-state index contributed by atoms with van der Waals surface area (Å²) in [5.41, 5.74) is 1.85. The number of benzene rings is 2. The van der Waals surface area contributed by atoms with Gasteiger partial charge in [-0.3, -0.25) is 9.36 Å². The zero-order chi connectivity index (χ0) is 19.2. The average Bonchev–Trinajstić information content (AvgIpc) is 3.15. The highest BCUT2D eigenvalue weighted by Gasteiger charge is 2.18. The molecule has 0 aliphatic heterocycles. The Morgan fingerprint density at radius 2 is 2.00 bits per heavy atom. The number of aromatic nitrogens is 2. The van der Waals surface area contributed by atoms with Gasteiger partial charge in [0.05, 0.1) is 12.4 Å². The maximum Gasteiger partial charge on any atom is 0.233 e. The first-order valence-corrected chi connectivity index (χ1v) is 9.70. The molecule has 5 nitrogen and oxygen atoms in total. The van der Waals surface area contributed by atoms with Crippen LogP contribution in [0.2, 0.25) is 5.02 Å². The first-order valence-electron chi connectivity index (χ1n) is 8.44. The number of nitrogens with zero attached hydrogens (tertiary/aromatic N) is 2. The average molecular weight is 402 g/mol. The van der Waals surface area contributed by atoms with Crippen molar-refractivity contribution < 1.29 is 9.53 Å². The number of rotatable bonds is 7. The van der Waals surface area contributed by atoms with Crippen LogP contribution in [0.4, 0.5) is 0 Å². The number of imidazole rings is 1. The summed E-state index contributed by atoms with van der Waals surface area (Å²) in [7, 11) is 1.64. The van der Waals surface area contributed by atoms with E-state index in [1.807, 2.05) is 66.2 Å². The molecule has 3 rings (SSSR count). The standard InChI is InChI=1S/C20H20ClN3O2S/c1-14(19(25)23-13-15-5-3-4-6-18(15)21)27-20-22-11-12-24(20)16-7-9-17(26-2)10-8-16/h3-12,14H,13H2,1-2H3,(H,23,25). The predicted molar refractivity (Wildman–Crippen MR) is 109 cm³/mol. The summed E-state index contributed by atoms with van der Waals surface area (Å²) in [5.74, 6) is 0.726. The minimum Gasteiger partial charge on any atom is -0.497 e. The molecule has 3 aromatic rings. The minimum atomic E-state index is -0.299. The molecule has 1 unspecified atom stereocenters. The van der Waals surface area contributed by atoms with Crippen molar-refractivity contribution in [1.29, 1.82) is 0 Å². The molecule has 140 valence electrons. The molecule has 0 radical (unpaired) electrons. The van der Waals surface area contributed by atoms with Gasteiger partial charge >= 0.3 is 0 Å². The number of nitrogens with one attached hydrogen (secondary N) is 1. The summed E-state index contributed by atoms with van der Waals surface area (Å²) in [6.45, 7) is 2.26. The zero-order valence-corrected chi connectivity index (χ0v) is 16.6. The van der Waals surface area contributed by atoms with Crippen LogP contribution in [0.25, 0.3) is 5.69 Å². The Labute approximate surface area is 167 Å². The number of amides is 1. The van der Waals surface area contributed by atoms with Gasteiger partial charge in [0.25, 0.3) is 0 Å². The van der Waals surface area contributed by atoms with Crippen molar-refractivity contribution in [3.63, 3.8) is 0 Å². The third-order valence-electron chi connectivity index (χ3n) is 4.02. The van der Waals surface area contributed by atoms with Crippen molar-refractivity contribution in [3.05, 3.63) is 71.5 Å². The topological polar surface area (TPSA) is 56.2 Å². The van der Waals surface area contributed by atoms with Crippen LogP contribution in [0.5, 0.6) is 5.75 Å². The van der Waals surface area contributed by atoms with Crippen molar-refractivity contribution >= 4 is 29.3 Å².